The van der Waals surface area contributed by atoms with Gasteiger partial charge in [0, 0.05) is 19.2 Å². The van der Waals surface area contributed by atoms with Crippen molar-refractivity contribution in [3.63, 3.8) is 0 Å². The monoisotopic (exact) mass is 357 g/mol. The minimum absolute atomic E-state index is 0.589. The Hall–Kier alpha value is -2.37. The molecule has 0 unspecified atom stereocenters. The summed E-state index contributed by atoms with van der Waals surface area (Å²) in [4.78, 5) is 11.8. The van der Waals surface area contributed by atoms with E-state index in [9.17, 15) is 4.79 Å². The third kappa shape index (κ3) is 4.38. The van der Waals surface area contributed by atoms with E-state index in [1.54, 1.807) is 18.4 Å². The SMILES string of the molecule is CO.COc1ccccc1-n1c(CCCC=O)ccc1-c1cccs1. The van der Waals surface area contributed by atoms with Gasteiger partial charge in [0.2, 0.25) is 0 Å². The number of benzene rings is 1. The van der Waals surface area contributed by atoms with Crippen LogP contribution in [0.1, 0.15) is 18.5 Å². The maximum atomic E-state index is 10.6. The molecule has 132 valence electrons. The fourth-order valence-corrected chi connectivity index (χ4v) is 3.50. The highest BCUT2D eigenvalue weighted by Crippen LogP contribution is 2.34. The molecule has 0 spiro atoms. The Morgan fingerprint density at radius 1 is 1.12 bits per heavy atom. The molecule has 3 aromatic rings. The van der Waals surface area contributed by atoms with Crippen LogP contribution in [0.5, 0.6) is 5.75 Å². The average molecular weight is 357 g/mol. The fourth-order valence-electron chi connectivity index (χ4n) is 2.76. The maximum absolute atomic E-state index is 10.6. The zero-order valence-corrected chi connectivity index (χ0v) is 15.3. The molecule has 0 radical (unpaired) electrons. The van der Waals surface area contributed by atoms with Crippen molar-refractivity contribution in [1.82, 2.24) is 4.57 Å². The topological polar surface area (TPSA) is 51.5 Å². The van der Waals surface area contributed by atoms with Crippen molar-refractivity contribution in [2.45, 2.75) is 19.3 Å². The number of aliphatic hydroxyl groups is 1. The number of para-hydroxylation sites is 2. The molecule has 0 aliphatic heterocycles. The number of aromatic nitrogens is 1. The molecule has 0 atom stereocenters. The third-order valence-electron chi connectivity index (χ3n) is 3.82. The van der Waals surface area contributed by atoms with Gasteiger partial charge in [-0.2, -0.15) is 0 Å². The van der Waals surface area contributed by atoms with Gasteiger partial charge in [0.05, 0.1) is 23.4 Å². The van der Waals surface area contributed by atoms with Crippen molar-refractivity contribution in [2.24, 2.45) is 0 Å². The molecule has 0 saturated carbocycles. The summed E-state index contributed by atoms with van der Waals surface area (Å²) in [5.74, 6) is 0.846. The van der Waals surface area contributed by atoms with Crippen LogP contribution in [-0.4, -0.2) is 30.2 Å². The van der Waals surface area contributed by atoms with E-state index in [2.05, 4.69) is 40.3 Å². The first-order valence-electron chi connectivity index (χ1n) is 8.11. The summed E-state index contributed by atoms with van der Waals surface area (Å²) in [6.07, 6.45) is 3.29. The van der Waals surface area contributed by atoms with E-state index in [1.807, 2.05) is 18.2 Å². The van der Waals surface area contributed by atoms with Crippen LogP contribution in [0.4, 0.5) is 0 Å². The Morgan fingerprint density at radius 2 is 1.92 bits per heavy atom. The maximum Gasteiger partial charge on any atom is 0.142 e. The first-order valence-corrected chi connectivity index (χ1v) is 8.99. The molecule has 4 nitrogen and oxygen atoms in total. The van der Waals surface area contributed by atoms with E-state index < -0.39 is 0 Å². The quantitative estimate of drug-likeness (QED) is 0.505. The van der Waals surface area contributed by atoms with Crippen LogP contribution in [0, 0.1) is 0 Å². The number of carbonyl (C=O) groups excluding carboxylic acids is 1. The van der Waals surface area contributed by atoms with Crippen LogP contribution in [0.15, 0.2) is 53.9 Å². The van der Waals surface area contributed by atoms with E-state index in [-0.39, 0.29) is 0 Å². The molecule has 5 heteroatoms. The van der Waals surface area contributed by atoms with Gasteiger partial charge in [-0.05, 0) is 48.6 Å². The number of ether oxygens (including phenoxy) is 1. The summed E-state index contributed by atoms with van der Waals surface area (Å²) in [5.41, 5.74) is 3.38. The Kier molecular flexibility index (Phi) is 7.44. The average Bonchev–Trinajstić information content (AvgIpc) is 3.33. The summed E-state index contributed by atoms with van der Waals surface area (Å²) < 4.78 is 7.79. The molecule has 0 bridgehead atoms. The van der Waals surface area contributed by atoms with Crippen molar-refractivity contribution < 1.29 is 14.6 Å². The number of aryl methyl sites for hydroxylation is 1. The zero-order valence-electron chi connectivity index (χ0n) is 14.5. The van der Waals surface area contributed by atoms with E-state index in [4.69, 9.17) is 9.84 Å². The lowest BCUT2D eigenvalue weighted by molar-refractivity contribution is -0.107. The van der Waals surface area contributed by atoms with Crippen LogP contribution in [0.2, 0.25) is 0 Å². The van der Waals surface area contributed by atoms with Crippen molar-refractivity contribution in [3.05, 3.63) is 59.6 Å². The van der Waals surface area contributed by atoms with Crippen LogP contribution in [0.3, 0.4) is 0 Å². The molecule has 1 N–H and O–H groups in total. The normalized spacial score (nSPS) is 10.0. The Labute approximate surface area is 152 Å². The van der Waals surface area contributed by atoms with Gasteiger partial charge in [-0.3, -0.25) is 0 Å². The number of thiophene rings is 1. The lowest BCUT2D eigenvalue weighted by atomic mass is 10.2. The molecule has 1 aromatic carbocycles. The molecule has 0 aliphatic rings. The highest BCUT2D eigenvalue weighted by Gasteiger charge is 2.15. The molecular formula is C20H23NO3S. The highest BCUT2D eigenvalue weighted by atomic mass is 32.1. The van der Waals surface area contributed by atoms with Crippen molar-refractivity contribution in [3.8, 4) is 22.0 Å². The molecule has 3 rings (SSSR count). The van der Waals surface area contributed by atoms with Gasteiger partial charge in [-0.15, -0.1) is 11.3 Å². The molecule has 2 aromatic heterocycles. The number of hydrogen-bond acceptors (Lipinski definition) is 4. The summed E-state index contributed by atoms with van der Waals surface area (Å²) in [6.45, 7) is 0. The summed E-state index contributed by atoms with van der Waals surface area (Å²) in [6, 6.07) is 16.5. The second kappa shape index (κ2) is 9.81. The van der Waals surface area contributed by atoms with Crippen LogP contribution in [0.25, 0.3) is 16.3 Å². The molecule has 0 aliphatic carbocycles. The molecular weight excluding hydrogens is 334 g/mol. The number of hydrogen-bond donors (Lipinski definition) is 1. The number of methoxy groups -OCH3 is 1. The summed E-state index contributed by atoms with van der Waals surface area (Å²) in [5, 5.41) is 9.08. The minimum Gasteiger partial charge on any atom is -0.495 e. The van der Waals surface area contributed by atoms with E-state index >= 15 is 0 Å². The van der Waals surface area contributed by atoms with Gasteiger partial charge >= 0.3 is 0 Å². The van der Waals surface area contributed by atoms with Crippen LogP contribution >= 0.6 is 11.3 Å². The molecule has 0 saturated heterocycles. The van der Waals surface area contributed by atoms with Gasteiger partial charge in [0.15, 0.2) is 0 Å². The van der Waals surface area contributed by atoms with Crippen molar-refractivity contribution in [1.29, 1.82) is 0 Å². The Balaban J connectivity index is 0.00000109. The summed E-state index contributed by atoms with van der Waals surface area (Å²) in [7, 11) is 2.69. The third-order valence-corrected chi connectivity index (χ3v) is 4.71. The second-order valence-electron chi connectivity index (χ2n) is 5.25. The van der Waals surface area contributed by atoms with Crippen molar-refractivity contribution >= 4 is 17.6 Å². The second-order valence-corrected chi connectivity index (χ2v) is 6.20. The standard InChI is InChI=1S/C19H19NO2S.CH4O/c1-22-18-9-3-2-8-16(18)20-15(7-4-5-13-21)11-12-17(20)19-10-6-14-23-19;1-2/h2-3,6,8-14H,4-5,7H2,1H3;2H,1H3. The van der Waals surface area contributed by atoms with Crippen LogP contribution < -0.4 is 4.74 Å². The lowest BCUT2D eigenvalue weighted by Crippen LogP contribution is -2.04. The molecule has 2 heterocycles. The molecule has 0 fully saturated rings. The number of rotatable bonds is 7. The number of aldehydes is 1. The zero-order chi connectivity index (χ0) is 18.1. The van der Waals surface area contributed by atoms with E-state index in [1.165, 1.54) is 10.6 Å². The van der Waals surface area contributed by atoms with Gasteiger partial charge in [0.1, 0.15) is 12.0 Å². The number of nitrogens with zero attached hydrogens (tertiary/aromatic N) is 1. The van der Waals surface area contributed by atoms with Crippen LogP contribution in [-0.2, 0) is 11.2 Å². The lowest BCUT2D eigenvalue weighted by Gasteiger charge is -2.16. The highest BCUT2D eigenvalue weighted by molar-refractivity contribution is 7.13. The number of carbonyl (C=O) groups is 1. The van der Waals surface area contributed by atoms with Gasteiger partial charge in [-0.25, -0.2) is 0 Å². The van der Waals surface area contributed by atoms with Gasteiger partial charge < -0.3 is 19.2 Å². The van der Waals surface area contributed by atoms with Crippen molar-refractivity contribution in [2.75, 3.05) is 14.2 Å². The van der Waals surface area contributed by atoms with E-state index in [0.29, 0.717) is 6.42 Å². The first kappa shape index (κ1) is 19.0. The predicted molar refractivity (Wildman–Crippen MR) is 103 cm³/mol. The Bertz CT molecular complexity index is 778. The smallest absolute Gasteiger partial charge is 0.142 e. The predicted octanol–water partition coefficient (Wildman–Crippen LogP) is 4.34. The summed E-state index contributed by atoms with van der Waals surface area (Å²) >= 11 is 1.72. The molecule has 25 heavy (non-hydrogen) atoms. The first-order chi connectivity index (χ1) is 12.3. The number of unbranched alkanes of at least 4 members (excludes halogenated alkanes) is 1. The minimum atomic E-state index is 0.589. The largest absolute Gasteiger partial charge is 0.495 e. The Morgan fingerprint density at radius 3 is 2.60 bits per heavy atom. The number of aliphatic hydroxyl groups excluding tert-OH is 1. The fraction of sp³-hybridized carbons (Fsp3) is 0.250. The van der Waals surface area contributed by atoms with Gasteiger partial charge in [0.25, 0.3) is 0 Å². The van der Waals surface area contributed by atoms with E-state index in [0.717, 1.165) is 43.4 Å². The molecule has 0 amide bonds. The van der Waals surface area contributed by atoms with Gasteiger partial charge in [-0.1, -0.05) is 18.2 Å².